The average molecular weight is 623 g/mol. The lowest BCUT2D eigenvalue weighted by molar-refractivity contribution is -0.152. The first-order chi connectivity index (χ1) is 22.6. The predicted molar refractivity (Wildman–Crippen MR) is 177 cm³/mol. The maximum atomic E-state index is 12.3. The largest absolute Gasteiger partial charge is 0.490 e. The van der Waals surface area contributed by atoms with Gasteiger partial charge in [-0.2, -0.15) is 0 Å². The average Bonchev–Trinajstić information content (AvgIpc) is 3.11. The Labute approximate surface area is 268 Å². The molecule has 0 N–H and O–H groups in total. The highest BCUT2D eigenvalue weighted by molar-refractivity contribution is 6.11. The Balaban J connectivity index is 1.40. The van der Waals surface area contributed by atoms with Crippen LogP contribution in [-0.2, 0) is 19.1 Å². The fourth-order valence-electron chi connectivity index (χ4n) is 4.89. The zero-order valence-corrected chi connectivity index (χ0v) is 26.1. The van der Waals surface area contributed by atoms with Gasteiger partial charge >= 0.3 is 11.9 Å². The lowest BCUT2D eigenvalue weighted by Gasteiger charge is -2.23. The first-order valence-corrected chi connectivity index (χ1v) is 15.5. The second-order valence-corrected chi connectivity index (χ2v) is 10.6. The molecule has 2 atom stereocenters. The van der Waals surface area contributed by atoms with E-state index >= 15 is 0 Å². The van der Waals surface area contributed by atoms with Crippen LogP contribution in [0.1, 0.15) is 26.7 Å². The molecular weight excluding hydrogens is 584 g/mol. The van der Waals surface area contributed by atoms with Crippen molar-refractivity contribution in [1.82, 2.24) is 0 Å². The van der Waals surface area contributed by atoms with Crippen molar-refractivity contribution in [3.8, 4) is 23.0 Å². The monoisotopic (exact) mass is 622 g/mol. The molecule has 0 aliphatic heterocycles. The molecule has 0 bridgehead atoms. The number of rotatable bonds is 16. The molecule has 46 heavy (non-hydrogen) atoms. The fraction of sp³-hybridized carbons (Fsp3) is 0.263. The summed E-state index contributed by atoms with van der Waals surface area (Å²) in [5.41, 5.74) is 0. The van der Waals surface area contributed by atoms with Crippen molar-refractivity contribution in [2.24, 2.45) is 0 Å². The van der Waals surface area contributed by atoms with Gasteiger partial charge < -0.3 is 28.4 Å². The maximum Gasteiger partial charge on any atom is 0.306 e. The van der Waals surface area contributed by atoms with E-state index in [1.807, 2.05) is 109 Å². The van der Waals surface area contributed by atoms with Crippen molar-refractivity contribution in [2.75, 3.05) is 26.4 Å². The van der Waals surface area contributed by atoms with Crippen LogP contribution in [0.5, 0.6) is 23.0 Å². The Morgan fingerprint density at radius 3 is 1.09 bits per heavy atom. The van der Waals surface area contributed by atoms with E-state index in [2.05, 4.69) is 0 Å². The molecule has 238 valence electrons. The molecule has 0 aliphatic carbocycles. The number of fused-ring (bicyclic) bond motifs is 2. The number of hydrogen-bond acceptors (Lipinski definition) is 8. The van der Waals surface area contributed by atoms with Crippen molar-refractivity contribution in [2.45, 2.75) is 38.9 Å². The van der Waals surface area contributed by atoms with Gasteiger partial charge in [-0.15, -0.1) is 0 Å². The quantitative estimate of drug-likeness (QED) is 0.0823. The highest BCUT2D eigenvalue weighted by atomic mass is 16.6. The second-order valence-electron chi connectivity index (χ2n) is 10.6. The summed E-state index contributed by atoms with van der Waals surface area (Å²) >= 11 is 0. The van der Waals surface area contributed by atoms with Crippen LogP contribution < -0.4 is 18.9 Å². The van der Waals surface area contributed by atoms with Gasteiger partial charge in [0.2, 0.25) is 0 Å². The van der Waals surface area contributed by atoms with Crippen LogP contribution in [0, 0.1) is 0 Å². The van der Waals surface area contributed by atoms with E-state index in [1.54, 1.807) is 13.8 Å². The minimum absolute atomic E-state index is 0.0820. The molecule has 0 saturated heterocycles. The Morgan fingerprint density at radius 1 is 0.457 bits per heavy atom. The van der Waals surface area contributed by atoms with E-state index in [0.717, 1.165) is 21.5 Å². The standard InChI is InChI=1S/C38H38O8/c1-3-35(39)45-29(23-41-27-15-7-5-8-16-27)25-43-37-31-19-11-13-21-33(31)38(34-22-14-12-20-32(34)37)44-26-30(46-36(40)4-2)24-42-28-17-9-6-10-18-28/h5-22,29-30H,3-4,23-26H2,1-2H3. The third-order valence-electron chi connectivity index (χ3n) is 7.19. The van der Waals surface area contributed by atoms with Gasteiger partial charge in [-0.05, 0) is 24.3 Å². The molecule has 2 unspecified atom stereocenters. The van der Waals surface area contributed by atoms with E-state index in [0.29, 0.717) is 23.0 Å². The summed E-state index contributed by atoms with van der Waals surface area (Å²) in [7, 11) is 0. The van der Waals surface area contributed by atoms with Crippen molar-refractivity contribution < 1.29 is 38.0 Å². The molecule has 5 rings (SSSR count). The molecule has 0 fully saturated rings. The van der Waals surface area contributed by atoms with Gasteiger partial charge in [0.15, 0.2) is 12.2 Å². The molecule has 5 aromatic rings. The number of carbonyl (C=O) groups is 2. The fourth-order valence-corrected chi connectivity index (χ4v) is 4.89. The zero-order valence-electron chi connectivity index (χ0n) is 26.1. The first kappa shape index (κ1) is 32.2. The molecule has 0 heterocycles. The summed E-state index contributed by atoms with van der Waals surface area (Å²) in [5.74, 6) is 1.95. The van der Waals surface area contributed by atoms with Crippen LogP contribution in [0.4, 0.5) is 0 Å². The van der Waals surface area contributed by atoms with Crippen LogP contribution in [-0.4, -0.2) is 50.6 Å². The summed E-state index contributed by atoms with van der Waals surface area (Å²) < 4.78 is 36.1. The topological polar surface area (TPSA) is 89.5 Å². The molecule has 8 nitrogen and oxygen atoms in total. The Bertz CT molecular complexity index is 1540. The van der Waals surface area contributed by atoms with Crippen LogP contribution in [0.2, 0.25) is 0 Å². The molecule has 0 amide bonds. The Kier molecular flexibility index (Phi) is 11.3. The molecular formula is C38H38O8. The van der Waals surface area contributed by atoms with E-state index < -0.39 is 12.2 Å². The van der Waals surface area contributed by atoms with Gasteiger partial charge in [0.25, 0.3) is 0 Å². The number of para-hydroxylation sites is 2. The summed E-state index contributed by atoms with van der Waals surface area (Å²) in [5, 5.41) is 3.29. The van der Waals surface area contributed by atoms with Crippen molar-refractivity contribution in [1.29, 1.82) is 0 Å². The molecule has 0 radical (unpaired) electrons. The second kappa shape index (κ2) is 16.2. The molecule has 0 aromatic heterocycles. The van der Waals surface area contributed by atoms with E-state index in [4.69, 9.17) is 28.4 Å². The van der Waals surface area contributed by atoms with Gasteiger partial charge in [-0.25, -0.2) is 0 Å². The van der Waals surface area contributed by atoms with Gasteiger partial charge in [0.1, 0.15) is 49.4 Å². The normalized spacial score (nSPS) is 12.2. The van der Waals surface area contributed by atoms with Gasteiger partial charge in [-0.3, -0.25) is 9.59 Å². The zero-order chi connectivity index (χ0) is 32.1. The van der Waals surface area contributed by atoms with Crippen molar-refractivity contribution in [3.63, 3.8) is 0 Å². The Hall–Kier alpha value is -5.24. The number of ether oxygens (including phenoxy) is 6. The van der Waals surface area contributed by atoms with Crippen LogP contribution in [0.25, 0.3) is 21.5 Å². The van der Waals surface area contributed by atoms with Crippen LogP contribution in [0.15, 0.2) is 109 Å². The summed E-state index contributed by atoms with van der Waals surface area (Å²) in [6, 6.07) is 34.3. The summed E-state index contributed by atoms with van der Waals surface area (Å²) in [6.45, 7) is 3.93. The summed E-state index contributed by atoms with van der Waals surface area (Å²) in [4.78, 5) is 24.5. The highest BCUT2D eigenvalue weighted by Gasteiger charge is 2.22. The van der Waals surface area contributed by atoms with Crippen LogP contribution >= 0.6 is 0 Å². The lowest BCUT2D eigenvalue weighted by Crippen LogP contribution is -2.31. The lowest BCUT2D eigenvalue weighted by atomic mass is 10.0. The Morgan fingerprint density at radius 2 is 0.761 bits per heavy atom. The molecule has 0 spiro atoms. The number of esters is 2. The predicted octanol–water partition coefficient (Wildman–Crippen LogP) is 7.55. The molecule has 0 saturated carbocycles. The number of carbonyl (C=O) groups excluding carboxylic acids is 2. The third-order valence-corrected chi connectivity index (χ3v) is 7.19. The van der Waals surface area contributed by atoms with Gasteiger partial charge in [0.05, 0.1) is 0 Å². The third kappa shape index (κ3) is 8.47. The summed E-state index contributed by atoms with van der Waals surface area (Å²) in [6.07, 6.45) is -0.797. The number of benzene rings is 5. The minimum Gasteiger partial charge on any atom is -0.490 e. The SMILES string of the molecule is CCC(=O)OC(COc1ccccc1)COc1c2ccccc2c(OCC(COc2ccccc2)OC(=O)CC)c2ccccc12. The maximum absolute atomic E-state index is 12.3. The van der Waals surface area contributed by atoms with Gasteiger partial charge in [-0.1, -0.05) is 98.8 Å². The van der Waals surface area contributed by atoms with Crippen LogP contribution in [0.3, 0.4) is 0 Å². The van der Waals surface area contributed by atoms with Crippen molar-refractivity contribution >= 4 is 33.5 Å². The van der Waals surface area contributed by atoms with E-state index in [-0.39, 0.29) is 51.2 Å². The number of hydrogen-bond donors (Lipinski definition) is 0. The highest BCUT2D eigenvalue weighted by Crippen LogP contribution is 2.43. The smallest absolute Gasteiger partial charge is 0.306 e. The van der Waals surface area contributed by atoms with Crippen molar-refractivity contribution in [3.05, 3.63) is 109 Å². The molecule has 5 aromatic carbocycles. The molecule has 8 heteroatoms. The van der Waals surface area contributed by atoms with Gasteiger partial charge in [0, 0.05) is 34.4 Å². The van der Waals surface area contributed by atoms with E-state index in [9.17, 15) is 9.59 Å². The molecule has 0 aliphatic rings. The minimum atomic E-state index is -0.639. The first-order valence-electron chi connectivity index (χ1n) is 15.5. The van der Waals surface area contributed by atoms with E-state index in [1.165, 1.54) is 0 Å².